The maximum Gasteiger partial charge on any atom is 0.337 e. The van der Waals surface area contributed by atoms with E-state index in [2.05, 4.69) is 0 Å². The van der Waals surface area contributed by atoms with Crippen molar-refractivity contribution in [3.63, 3.8) is 0 Å². The highest BCUT2D eigenvalue weighted by molar-refractivity contribution is 7.89. The molecular formula is C12H16N2O5S. The third-order valence-electron chi connectivity index (χ3n) is 3.36. The number of carboxylic acids is 1. The number of aliphatic hydroxyl groups is 1. The lowest BCUT2D eigenvalue weighted by atomic mass is 10.2. The molecular weight excluding hydrogens is 284 g/mol. The van der Waals surface area contributed by atoms with Crippen LogP contribution < -0.4 is 5.73 Å². The Kier molecular flexibility index (Phi) is 3.98. The number of aromatic carboxylic acids is 1. The number of carbonyl (C=O) groups is 1. The Morgan fingerprint density at radius 3 is 2.75 bits per heavy atom. The molecule has 0 unspecified atom stereocenters. The molecule has 2 rings (SSSR count). The SMILES string of the molecule is Nc1ccc(C(=O)O)c(S(=O)(=O)N2CCC[C@H]2CO)c1. The largest absolute Gasteiger partial charge is 0.478 e. The van der Waals surface area contributed by atoms with Crippen molar-refractivity contribution in [1.82, 2.24) is 4.31 Å². The number of aliphatic hydroxyl groups excluding tert-OH is 1. The number of hydrogen-bond donors (Lipinski definition) is 3. The standard InChI is InChI=1S/C12H16N2O5S/c13-8-3-4-10(12(16)17)11(6-8)20(18,19)14-5-1-2-9(14)7-15/h3-4,6,9,15H,1-2,5,7,13H2,(H,16,17)/t9-/m0/s1. The van der Waals surface area contributed by atoms with Crippen LogP contribution in [0.1, 0.15) is 23.2 Å². The molecule has 0 spiro atoms. The first-order valence-corrected chi connectivity index (χ1v) is 7.57. The fraction of sp³-hybridized carbons (Fsp3) is 0.417. The van der Waals surface area contributed by atoms with Gasteiger partial charge < -0.3 is 15.9 Å². The van der Waals surface area contributed by atoms with Crippen LogP contribution in [0.2, 0.25) is 0 Å². The van der Waals surface area contributed by atoms with Crippen LogP contribution in [0.25, 0.3) is 0 Å². The van der Waals surface area contributed by atoms with Crippen LogP contribution in [0, 0.1) is 0 Å². The summed E-state index contributed by atoms with van der Waals surface area (Å²) in [5.41, 5.74) is 5.42. The van der Waals surface area contributed by atoms with E-state index in [0.717, 1.165) is 10.4 Å². The van der Waals surface area contributed by atoms with Crippen molar-refractivity contribution in [3.8, 4) is 0 Å². The molecule has 1 atom stereocenters. The average Bonchev–Trinajstić information content (AvgIpc) is 2.87. The molecule has 20 heavy (non-hydrogen) atoms. The summed E-state index contributed by atoms with van der Waals surface area (Å²) in [7, 11) is -3.99. The summed E-state index contributed by atoms with van der Waals surface area (Å²) in [6, 6.07) is 3.15. The van der Waals surface area contributed by atoms with E-state index in [1.54, 1.807) is 0 Å². The summed E-state index contributed by atoms with van der Waals surface area (Å²) in [6.45, 7) is -0.0225. The molecule has 1 aliphatic rings. The van der Waals surface area contributed by atoms with Gasteiger partial charge >= 0.3 is 5.97 Å². The van der Waals surface area contributed by atoms with Gasteiger partial charge in [-0.1, -0.05) is 0 Å². The number of anilines is 1. The molecule has 110 valence electrons. The van der Waals surface area contributed by atoms with Crippen molar-refractivity contribution in [2.75, 3.05) is 18.9 Å². The summed E-state index contributed by atoms with van der Waals surface area (Å²) >= 11 is 0. The third-order valence-corrected chi connectivity index (χ3v) is 5.35. The van der Waals surface area contributed by atoms with Gasteiger partial charge in [-0.15, -0.1) is 0 Å². The van der Waals surface area contributed by atoms with Crippen molar-refractivity contribution < 1.29 is 23.4 Å². The number of nitrogens with two attached hydrogens (primary N) is 1. The zero-order valence-corrected chi connectivity index (χ0v) is 11.5. The molecule has 7 nitrogen and oxygen atoms in total. The van der Waals surface area contributed by atoms with E-state index in [1.807, 2.05) is 0 Å². The number of sulfonamides is 1. The van der Waals surface area contributed by atoms with E-state index in [9.17, 15) is 18.3 Å². The molecule has 0 saturated carbocycles. The molecule has 0 radical (unpaired) electrons. The zero-order valence-electron chi connectivity index (χ0n) is 10.7. The van der Waals surface area contributed by atoms with Crippen LogP contribution in [0.15, 0.2) is 23.1 Å². The molecule has 1 aromatic rings. The number of hydrogen-bond acceptors (Lipinski definition) is 5. The monoisotopic (exact) mass is 300 g/mol. The number of nitrogen functional groups attached to an aromatic ring is 1. The van der Waals surface area contributed by atoms with Crippen molar-refractivity contribution in [2.45, 2.75) is 23.8 Å². The lowest BCUT2D eigenvalue weighted by Gasteiger charge is -2.23. The Morgan fingerprint density at radius 2 is 2.15 bits per heavy atom. The van der Waals surface area contributed by atoms with Gasteiger partial charge in [0.2, 0.25) is 10.0 Å². The van der Waals surface area contributed by atoms with E-state index in [-0.39, 0.29) is 29.3 Å². The average molecular weight is 300 g/mol. The predicted octanol–water partition coefficient (Wildman–Crippen LogP) is 0.112. The van der Waals surface area contributed by atoms with E-state index >= 15 is 0 Å². The molecule has 1 saturated heterocycles. The predicted molar refractivity (Wildman–Crippen MR) is 71.8 cm³/mol. The molecule has 0 bridgehead atoms. The summed E-state index contributed by atoms with van der Waals surface area (Å²) in [5.74, 6) is -1.33. The smallest absolute Gasteiger partial charge is 0.337 e. The van der Waals surface area contributed by atoms with Gasteiger partial charge in [0.25, 0.3) is 0 Å². The molecule has 0 amide bonds. The van der Waals surface area contributed by atoms with Crippen LogP contribution in [-0.4, -0.2) is 48.1 Å². The van der Waals surface area contributed by atoms with Crippen molar-refractivity contribution in [2.24, 2.45) is 0 Å². The van der Waals surface area contributed by atoms with Crippen molar-refractivity contribution in [3.05, 3.63) is 23.8 Å². The second-order valence-electron chi connectivity index (χ2n) is 4.66. The number of nitrogens with zero attached hydrogens (tertiary/aromatic N) is 1. The van der Waals surface area contributed by atoms with Crippen LogP contribution in [0.4, 0.5) is 5.69 Å². The molecule has 4 N–H and O–H groups in total. The minimum absolute atomic E-state index is 0.174. The highest BCUT2D eigenvalue weighted by atomic mass is 32.2. The highest BCUT2D eigenvalue weighted by Gasteiger charge is 2.37. The molecule has 0 aliphatic carbocycles. The lowest BCUT2D eigenvalue weighted by Crippen LogP contribution is -2.38. The first-order chi connectivity index (χ1) is 9.37. The van der Waals surface area contributed by atoms with Crippen LogP contribution >= 0.6 is 0 Å². The summed E-state index contributed by atoms with van der Waals surface area (Å²) in [5, 5.41) is 18.3. The Hall–Kier alpha value is -1.64. The van der Waals surface area contributed by atoms with Gasteiger partial charge in [-0.2, -0.15) is 4.31 Å². The van der Waals surface area contributed by atoms with Gasteiger partial charge in [0.15, 0.2) is 0 Å². The number of carboxylic acid groups (broad SMARTS) is 1. The molecule has 1 aromatic carbocycles. The van der Waals surface area contributed by atoms with Gasteiger partial charge in [0.05, 0.1) is 17.1 Å². The quantitative estimate of drug-likeness (QED) is 0.679. The molecule has 0 aromatic heterocycles. The second-order valence-corrected chi connectivity index (χ2v) is 6.51. The van der Waals surface area contributed by atoms with Gasteiger partial charge in [-0.25, -0.2) is 13.2 Å². The second kappa shape index (κ2) is 5.39. The topological polar surface area (TPSA) is 121 Å². The van der Waals surface area contributed by atoms with Gasteiger partial charge in [0.1, 0.15) is 0 Å². The Balaban J connectivity index is 2.54. The zero-order chi connectivity index (χ0) is 14.9. The maximum absolute atomic E-state index is 12.6. The number of benzene rings is 1. The maximum atomic E-state index is 12.6. The normalized spacial score (nSPS) is 20.1. The van der Waals surface area contributed by atoms with E-state index in [1.165, 1.54) is 12.1 Å². The molecule has 1 fully saturated rings. The minimum Gasteiger partial charge on any atom is -0.478 e. The van der Waals surface area contributed by atoms with Crippen LogP contribution in [0.3, 0.4) is 0 Å². The Labute approximate surface area is 116 Å². The Bertz CT molecular complexity index is 629. The molecule has 1 heterocycles. The van der Waals surface area contributed by atoms with Crippen LogP contribution in [-0.2, 0) is 10.0 Å². The fourth-order valence-electron chi connectivity index (χ4n) is 2.36. The molecule has 8 heteroatoms. The molecule has 1 aliphatic heterocycles. The summed E-state index contributed by atoms with van der Waals surface area (Å²) in [4.78, 5) is 10.8. The minimum atomic E-state index is -3.99. The van der Waals surface area contributed by atoms with Crippen LogP contribution in [0.5, 0.6) is 0 Å². The highest BCUT2D eigenvalue weighted by Crippen LogP contribution is 2.29. The van der Waals surface area contributed by atoms with E-state index in [0.29, 0.717) is 12.8 Å². The summed E-state index contributed by atoms with van der Waals surface area (Å²) in [6.07, 6.45) is 1.19. The lowest BCUT2D eigenvalue weighted by molar-refractivity contribution is 0.0692. The van der Waals surface area contributed by atoms with Gasteiger partial charge in [-0.05, 0) is 31.0 Å². The van der Waals surface area contributed by atoms with E-state index in [4.69, 9.17) is 10.8 Å². The van der Waals surface area contributed by atoms with Crippen molar-refractivity contribution in [1.29, 1.82) is 0 Å². The number of rotatable bonds is 4. The van der Waals surface area contributed by atoms with Gasteiger partial charge in [-0.3, -0.25) is 0 Å². The van der Waals surface area contributed by atoms with Crippen molar-refractivity contribution >= 4 is 21.7 Å². The van der Waals surface area contributed by atoms with E-state index < -0.39 is 22.0 Å². The first-order valence-electron chi connectivity index (χ1n) is 6.13. The Morgan fingerprint density at radius 1 is 1.45 bits per heavy atom. The fourth-order valence-corrected chi connectivity index (χ4v) is 4.27. The third kappa shape index (κ3) is 2.49. The first kappa shape index (κ1) is 14.8. The van der Waals surface area contributed by atoms with Gasteiger partial charge in [0, 0.05) is 18.3 Å². The summed E-state index contributed by atoms with van der Waals surface area (Å²) < 4.78 is 26.3.